The number of nitrogens with one attached hydrogen (secondary N) is 2. The first-order chi connectivity index (χ1) is 15.8. The minimum Gasteiger partial charge on any atom is -0.489 e. The highest BCUT2D eigenvalue weighted by molar-refractivity contribution is 5.99. The molecule has 3 aromatic rings. The molecule has 7 N–H and O–H groups in total. The Morgan fingerprint density at radius 2 is 1.80 bits per heavy atom. The summed E-state index contributed by atoms with van der Waals surface area (Å²) in [5.74, 6) is -0.303. The van der Waals surface area contributed by atoms with Crippen LogP contribution >= 0.6 is 12.4 Å². The van der Waals surface area contributed by atoms with Crippen LogP contribution in [0.25, 0.3) is 10.8 Å². The Morgan fingerprint density at radius 1 is 1.11 bits per heavy atom. The topological polar surface area (TPSA) is 155 Å². The Morgan fingerprint density at radius 3 is 2.40 bits per heavy atom. The van der Waals surface area contributed by atoms with E-state index in [-0.39, 0.29) is 29.8 Å². The maximum absolute atomic E-state index is 12.1. The number of amidine groups is 2. The first kappa shape index (κ1) is 27.6. The average Bonchev–Trinajstić information content (AvgIpc) is 3.26. The number of nitrogen functional groups attached to an aromatic ring is 1. The number of carbonyl (C=O) groups is 1. The van der Waals surface area contributed by atoms with Crippen LogP contribution in [0.15, 0.2) is 60.7 Å². The molecule has 4 rings (SSSR count). The lowest BCUT2D eigenvalue weighted by Gasteiger charge is -2.18. The first-order valence-corrected chi connectivity index (χ1v) is 11.0. The van der Waals surface area contributed by atoms with Gasteiger partial charge in [0.25, 0.3) is 0 Å². The predicted molar refractivity (Wildman–Crippen MR) is 140 cm³/mol. The van der Waals surface area contributed by atoms with Crippen molar-refractivity contribution in [3.05, 3.63) is 77.4 Å². The zero-order valence-electron chi connectivity index (χ0n) is 19.5. The number of likely N-dealkylation sites (tertiary alicyclic amines) is 1. The largest absolute Gasteiger partial charge is 0.489 e. The third-order valence-electron chi connectivity index (χ3n) is 6.16. The SMILES string of the molecule is CC(=N)N1CC[C@H](Oc2ccc(C(Cc3ccc4ccc(C(=N)N)cc4c3)C(=O)O)cc2)C1.Cl.O. The molecule has 35 heavy (non-hydrogen) atoms. The van der Waals surface area contributed by atoms with Crippen molar-refractivity contribution >= 4 is 40.8 Å². The third kappa shape index (κ3) is 6.49. The molecule has 0 amide bonds. The van der Waals surface area contributed by atoms with E-state index in [1.165, 1.54) is 0 Å². The Bertz CT molecular complexity index is 1220. The maximum Gasteiger partial charge on any atom is 0.311 e. The maximum atomic E-state index is 12.1. The smallest absolute Gasteiger partial charge is 0.311 e. The molecule has 0 aromatic heterocycles. The Balaban J connectivity index is 0.00000216. The van der Waals surface area contributed by atoms with Crippen molar-refractivity contribution in [2.75, 3.05) is 13.1 Å². The Hall–Kier alpha value is -3.62. The fraction of sp³-hybridized carbons (Fsp3) is 0.269. The van der Waals surface area contributed by atoms with Gasteiger partial charge in [0.2, 0.25) is 0 Å². The summed E-state index contributed by atoms with van der Waals surface area (Å²) in [6.45, 7) is 3.29. The highest BCUT2D eigenvalue weighted by Gasteiger charge is 2.25. The molecular weight excluding hydrogens is 468 g/mol. The molecule has 1 fully saturated rings. The molecule has 8 nitrogen and oxygen atoms in total. The quantitative estimate of drug-likeness (QED) is 0.289. The monoisotopic (exact) mass is 498 g/mol. The summed E-state index contributed by atoms with van der Waals surface area (Å²) in [6, 6.07) is 18.7. The van der Waals surface area contributed by atoms with E-state index in [1.807, 2.05) is 65.6 Å². The molecule has 1 unspecified atom stereocenters. The van der Waals surface area contributed by atoms with Crippen LogP contribution in [-0.2, 0) is 11.2 Å². The molecule has 1 heterocycles. The van der Waals surface area contributed by atoms with Crippen molar-refractivity contribution < 1.29 is 20.1 Å². The van der Waals surface area contributed by atoms with Crippen LogP contribution in [0.2, 0.25) is 0 Å². The molecular formula is C26H31ClN4O4. The number of nitrogens with zero attached hydrogens (tertiary/aromatic N) is 1. The fourth-order valence-electron chi connectivity index (χ4n) is 4.27. The summed E-state index contributed by atoms with van der Waals surface area (Å²) in [5, 5.41) is 27.2. The fourth-order valence-corrected chi connectivity index (χ4v) is 4.27. The number of fused-ring (bicyclic) bond motifs is 1. The van der Waals surface area contributed by atoms with Gasteiger partial charge >= 0.3 is 5.97 Å². The second-order valence-corrected chi connectivity index (χ2v) is 8.53. The summed E-state index contributed by atoms with van der Waals surface area (Å²) in [7, 11) is 0. The number of aliphatic carboxylic acids is 1. The highest BCUT2D eigenvalue weighted by Crippen LogP contribution is 2.27. The van der Waals surface area contributed by atoms with E-state index in [9.17, 15) is 9.90 Å². The van der Waals surface area contributed by atoms with E-state index >= 15 is 0 Å². The number of hydrogen-bond acceptors (Lipinski definition) is 4. The van der Waals surface area contributed by atoms with Crippen LogP contribution in [0.3, 0.4) is 0 Å². The number of ether oxygens (including phenoxy) is 1. The van der Waals surface area contributed by atoms with E-state index in [1.54, 1.807) is 6.92 Å². The number of benzene rings is 3. The van der Waals surface area contributed by atoms with Gasteiger partial charge in [-0.05, 0) is 53.4 Å². The van der Waals surface area contributed by atoms with Gasteiger partial charge in [-0.2, -0.15) is 0 Å². The molecule has 0 saturated carbocycles. The average molecular weight is 499 g/mol. The molecule has 3 aromatic carbocycles. The van der Waals surface area contributed by atoms with Crippen molar-refractivity contribution in [2.45, 2.75) is 31.8 Å². The van der Waals surface area contributed by atoms with Crippen LogP contribution < -0.4 is 10.5 Å². The van der Waals surface area contributed by atoms with E-state index in [0.29, 0.717) is 30.1 Å². The van der Waals surface area contributed by atoms with Gasteiger partial charge in [0, 0.05) is 18.5 Å². The minimum atomic E-state index is -0.880. The first-order valence-electron chi connectivity index (χ1n) is 11.0. The molecule has 1 saturated heterocycles. The van der Waals surface area contributed by atoms with E-state index in [2.05, 4.69) is 0 Å². The Kier molecular flexibility index (Phi) is 9.22. The van der Waals surface area contributed by atoms with Gasteiger partial charge in [-0.25, -0.2) is 0 Å². The zero-order valence-corrected chi connectivity index (χ0v) is 20.3. The highest BCUT2D eigenvalue weighted by atomic mass is 35.5. The van der Waals surface area contributed by atoms with Gasteiger partial charge in [-0.15, -0.1) is 12.4 Å². The van der Waals surface area contributed by atoms with Crippen LogP contribution in [-0.4, -0.2) is 52.3 Å². The lowest BCUT2D eigenvalue weighted by Crippen LogP contribution is -2.28. The molecule has 2 atom stereocenters. The van der Waals surface area contributed by atoms with Crippen LogP contribution in [0.4, 0.5) is 0 Å². The van der Waals surface area contributed by atoms with Gasteiger partial charge in [0.1, 0.15) is 17.7 Å². The summed E-state index contributed by atoms with van der Waals surface area (Å²) < 4.78 is 6.03. The van der Waals surface area contributed by atoms with E-state index < -0.39 is 11.9 Å². The number of nitrogens with two attached hydrogens (primary N) is 1. The molecule has 0 aliphatic carbocycles. The standard InChI is InChI=1S/C26H28N4O3.ClH.H2O/c1-16(27)30-11-10-23(15-30)33-22-8-6-19(7-9-22)24(26(31)32)13-17-2-3-18-4-5-20(25(28)29)14-21(18)12-17;;/h2-9,12,14,23-24,27H,10-11,13,15H2,1H3,(H3,28,29)(H,31,32);1H;1H2/t23-,24?;;/m0../s1. The molecule has 186 valence electrons. The molecule has 9 heteroatoms. The number of hydrogen-bond donors (Lipinski definition) is 4. The van der Waals surface area contributed by atoms with Gasteiger partial charge in [0.15, 0.2) is 0 Å². The van der Waals surface area contributed by atoms with Crippen molar-refractivity contribution in [2.24, 2.45) is 5.73 Å². The van der Waals surface area contributed by atoms with Crippen LogP contribution in [0, 0.1) is 10.8 Å². The second-order valence-electron chi connectivity index (χ2n) is 8.53. The van der Waals surface area contributed by atoms with E-state index in [4.69, 9.17) is 21.3 Å². The minimum absolute atomic E-state index is 0. The Labute approximate surface area is 210 Å². The van der Waals surface area contributed by atoms with Crippen molar-refractivity contribution in [1.29, 1.82) is 10.8 Å². The number of carboxylic acid groups (broad SMARTS) is 1. The normalized spacial score (nSPS) is 15.6. The number of rotatable bonds is 7. The van der Waals surface area contributed by atoms with Crippen LogP contribution in [0.5, 0.6) is 5.75 Å². The lowest BCUT2D eigenvalue weighted by atomic mass is 9.91. The van der Waals surface area contributed by atoms with Gasteiger partial charge in [0.05, 0.1) is 18.3 Å². The van der Waals surface area contributed by atoms with Crippen molar-refractivity contribution in [1.82, 2.24) is 4.90 Å². The van der Waals surface area contributed by atoms with Gasteiger partial charge in [-0.3, -0.25) is 15.6 Å². The zero-order chi connectivity index (χ0) is 23.5. The number of carboxylic acids is 1. The summed E-state index contributed by atoms with van der Waals surface area (Å²) >= 11 is 0. The summed E-state index contributed by atoms with van der Waals surface area (Å²) in [4.78, 5) is 14.1. The molecule has 1 aliphatic heterocycles. The second kappa shape index (κ2) is 11.7. The van der Waals surface area contributed by atoms with E-state index in [0.717, 1.165) is 34.9 Å². The predicted octanol–water partition coefficient (Wildman–Crippen LogP) is 3.58. The molecule has 1 aliphatic rings. The van der Waals surface area contributed by atoms with Crippen LogP contribution in [0.1, 0.15) is 36.0 Å². The van der Waals surface area contributed by atoms with Gasteiger partial charge < -0.3 is 26.0 Å². The molecule has 0 radical (unpaired) electrons. The lowest BCUT2D eigenvalue weighted by molar-refractivity contribution is -0.138. The number of halogens is 1. The van der Waals surface area contributed by atoms with Crippen molar-refractivity contribution in [3.63, 3.8) is 0 Å². The summed E-state index contributed by atoms with van der Waals surface area (Å²) in [5.41, 5.74) is 7.88. The third-order valence-corrected chi connectivity index (χ3v) is 6.16. The van der Waals surface area contributed by atoms with Crippen molar-refractivity contribution in [3.8, 4) is 5.75 Å². The summed E-state index contributed by atoms with van der Waals surface area (Å²) in [6.07, 6.45) is 1.25. The molecule has 0 bridgehead atoms. The molecule has 0 spiro atoms. The van der Waals surface area contributed by atoms with Gasteiger partial charge in [-0.1, -0.05) is 42.5 Å².